The first-order valence-electron chi connectivity index (χ1n) is 22.1. The number of ketones is 1. The summed E-state index contributed by atoms with van der Waals surface area (Å²) in [5.74, 6) is 0.318. The van der Waals surface area contributed by atoms with Gasteiger partial charge in [0.2, 0.25) is 0 Å². The van der Waals surface area contributed by atoms with E-state index in [0.29, 0.717) is 5.78 Å². The monoisotopic (exact) mass is 651 g/mol. The van der Waals surface area contributed by atoms with E-state index < -0.39 is 0 Å². The molecule has 0 aliphatic carbocycles. The maximum atomic E-state index is 10.3. The largest absolute Gasteiger partial charge is 0.300 e. The van der Waals surface area contributed by atoms with Crippen LogP contribution in [0.5, 0.6) is 0 Å². The van der Waals surface area contributed by atoms with Gasteiger partial charge in [-0.1, -0.05) is 266 Å². The van der Waals surface area contributed by atoms with Crippen molar-refractivity contribution >= 4 is 5.78 Å². The molecule has 0 unspecified atom stereocenters. The van der Waals surface area contributed by atoms with Gasteiger partial charge in [0.05, 0.1) is 0 Å². The zero-order valence-electron chi connectivity index (χ0n) is 33.8. The molecule has 0 aliphatic rings. The Labute approximate surface area is 295 Å². The third-order valence-corrected chi connectivity index (χ3v) is 9.55. The SMILES string of the molecule is CCCCCC(C)=O.CCCCCCCCCCCCCCCCCCC.CCCCCCCCCCCCCCCCCCC. The summed E-state index contributed by atoms with van der Waals surface area (Å²) in [6.45, 7) is 13.0. The van der Waals surface area contributed by atoms with Gasteiger partial charge in [0.25, 0.3) is 0 Å². The van der Waals surface area contributed by atoms with Crippen LogP contribution in [0.1, 0.15) is 286 Å². The molecule has 1 heteroatoms. The number of Topliss-reactive ketones (excluding diaryl/α,β-unsaturated/α-hetero) is 1. The molecular formula is C45H94O. The second-order valence-electron chi connectivity index (χ2n) is 14.8. The summed E-state index contributed by atoms with van der Waals surface area (Å²) in [5.41, 5.74) is 0. The molecule has 0 amide bonds. The van der Waals surface area contributed by atoms with Gasteiger partial charge >= 0.3 is 0 Å². The zero-order valence-corrected chi connectivity index (χ0v) is 33.8. The second-order valence-corrected chi connectivity index (χ2v) is 14.8. The van der Waals surface area contributed by atoms with Crippen molar-refractivity contribution in [1.29, 1.82) is 0 Å². The molecule has 0 rings (SSSR count). The lowest BCUT2D eigenvalue weighted by atomic mass is 10.0. The summed E-state index contributed by atoms with van der Waals surface area (Å²) in [5, 5.41) is 0. The highest BCUT2D eigenvalue weighted by Gasteiger charge is 1.96. The van der Waals surface area contributed by atoms with Gasteiger partial charge in [-0.3, -0.25) is 0 Å². The van der Waals surface area contributed by atoms with Crippen LogP contribution in [0.2, 0.25) is 0 Å². The summed E-state index contributed by atoms with van der Waals surface area (Å²) >= 11 is 0. The maximum Gasteiger partial charge on any atom is 0.129 e. The Morgan fingerprint density at radius 1 is 0.239 bits per heavy atom. The van der Waals surface area contributed by atoms with E-state index in [-0.39, 0.29) is 0 Å². The second kappa shape index (κ2) is 51.5. The number of hydrogen-bond acceptors (Lipinski definition) is 1. The van der Waals surface area contributed by atoms with Gasteiger partial charge in [-0.15, -0.1) is 0 Å². The first-order valence-corrected chi connectivity index (χ1v) is 22.1. The van der Waals surface area contributed by atoms with E-state index in [9.17, 15) is 4.79 Å². The molecule has 0 heterocycles. The zero-order chi connectivity index (χ0) is 34.4. The van der Waals surface area contributed by atoms with Gasteiger partial charge in [-0.2, -0.15) is 0 Å². The molecule has 0 aromatic rings. The van der Waals surface area contributed by atoms with Crippen LogP contribution in [0.3, 0.4) is 0 Å². The molecule has 0 N–H and O–H groups in total. The summed E-state index contributed by atoms with van der Waals surface area (Å²) in [4.78, 5) is 10.3. The van der Waals surface area contributed by atoms with Crippen LogP contribution < -0.4 is 0 Å². The summed E-state index contributed by atoms with van der Waals surface area (Å²) in [6, 6.07) is 0. The Kier molecular flexibility index (Phi) is 56.0. The number of unbranched alkanes of at least 4 members (excludes halogenated alkanes) is 34. The standard InChI is InChI=1S/2C19H40.C7H14O/c2*1-3-5-7-9-11-13-15-17-19-18-16-14-12-10-8-6-4-2;1-3-4-5-6-7(2)8/h2*3-19H2,1-2H3;3-6H2,1-2H3. The van der Waals surface area contributed by atoms with Gasteiger partial charge in [-0.05, 0) is 13.3 Å². The topological polar surface area (TPSA) is 17.1 Å². The van der Waals surface area contributed by atoms with E-state index >= 15 is 0 Å². The molecule has 0 bridgehead atoms. The fourth-order valence-corrected chi connectivity index (χ4v) is 6.22. The minimum atomic E-state index is 0.318. The van der Waals surface area contributed by atoms with E-state index in [1.54, 1.807) is 6.92 Å². The van der Waals surface area contributed by atoms with Gasteiger partial charge in [0, 0.05) is 6.42 Å². The lowest BCUT2D eigenvalue weighted by Crippen LogP contribution is -1.87. The van der Waals surface area contributed by atoms with Gasteiger partial charge < -0.3 is 4.79 Å². The third-order valence-electron chi connectivity index (χ3n) is 9.55. The number of carbonyl (C=O) groups is 1. The molecule has 0 fully saturated rings. The molecule has 280 valence electrons. The van der Waals surface area contributed by atoms with Crippen molar-refractivity contribution in [2.24, 2.45) is 0 Å². The summed E-state index contributed by atoms with van der Waals surface area (Å²) < 4.78 is 0. The predicted octanol–water partition coefficient (Wildman–Crippen LogP) is 17.5. The van der Waals surface area contributed by atoms with Crippen LogP contribution in [0.15, 0.2) is 0 Å². The van der Waals surface area contributed by atoms with Crippen molar-refractivity contribution in [3.63, 3.8) is 0 Å². The van der Waals surface area contributed by atoms with Gasteiger partial charge in [0.15, 0.2) is 0 Å². The van der Waals surface area contributed by atoms with Crippen LogP contribution >= 0.6 is 0 Å². The Hall–Kier alpha value is -0.330. The van der Waals surface area contributed by atoms with Crippen molar-refractivity contribution in [2.75, 3.05) is 0 Å². The molecule has 0 radical (unpaired) electrons. The van der Waals surface area contributed by atoms with E-state index in [2.05, 4.69) is 34.6 Å². The van der Waals surface area contributed by atoms with Crippen LogP contribution in [0, 0.1) is 0 Å². The Morgan fingerprint density at radius 3 is 0.500 bits per heavy atom. The highest BCUT2D eigenvalue weighted by molar-refractivity contribution is 5.75. The van der Waals surface area contributed by atoms with Crippen LogP contribution in [0.25, 0.3) is 0 Å². The van der Waals surface area contributed by atoms with Crippen molar-refractivity contribution in [2.45, 2.75) is 286 Å². The molecule has 0 aromatic heterocycles. The maximum absolute atomic E-state index is 10.3. The van der Waals surface area contributed by atoms with Crippen LogP contribution in [-0.2, 0) is 4.79 Å². The average molecular weight is 651 g/mol. The minimum Gasteiger partial charge on any atom is -0.300 e. The van der Waals surface area contributed by atoms with Crippen molar-refractivity contribution in [3.05, 3.63) is 0 Å². The highest BCUT2D eigenvalue weighted by atomic mass is 16.1. The van der Waals surface area contributed by atoms with Crippen LogP contribution in [-0.4, -0.2) is 5.78 Å². The molecule has 0 saturated heterocycles. The first kappa shape index (κ1) is 50.1. The fraction of sp³-hybridized carbons (Fsp3) is 0.978. The van der Waals surface area contributed by atoms with E-state index in [0.717, 1.165) is 12.8 Å². The normalized spacial score (nSPS) is 10.7. The van der Waals surface area contributed by atoms with E-state index in [1.165, 1.54) is 231 Å². The fourth-order valence-electron chi connectivity index (χ4n) is 6.22. The lowest BCUT2D eigenvalue weighted by Gasteiger charge is -2.03. The van der Waals surface area contributed by atoms with Crippen molar-refractivity contribution < 1.29 is 4.79 Å². The highest BCUT2D eigenvalue weighted by Crippen LogP contribution is 2.15. The Balaban J connectivity index is -0.000000653. The van der Waals surface area contributed by atoms with Crippen LogP contribution in [0.4, 0.5) is 0 Å². The number of carbonyl (C=O) groups excluding carboxylic acids is 1. The summed E-state index contributed by atoms with van der Waals surface area (Å²) in [7, 11) is 0. The molecule has 1 nitrogen and oxygen atoms in total. The molecular weight excluding hydrogens is 556 g/mol. The lowest BCUT2D eigenvalue weighted by molar-refractivity contribution is -0.117. The molecule has 46 heavy (non-hydrogen) atoms. The smallest absolute Gasteiger partial charge is 0.129 e. The third kappa shape index (κ3) is 59.1. The number of hydrogen-bond donors (Lipinski definition) is 0. The molecule has 0 aliphatic heterocycles. The first-order chi connectivity index (χ1) is 22.6. The van der Waals surface area contributed by atoms with Crippen molar-refractivity contribution in [1.82, 2.24) is 0 Å². The average Bonchev–Trinajstić information content (AvgIpc) is 3.05. The molecule has 0 saturated carbocycles. The Bertz CT molecular complexity index is 417. The predicted molar refractivity (Wildman–Crippen MR) is 214 cm³/mol. The molecule has 0 aromatic carbocycles. The van der Waals surface area contributed by atoms with Gasteiger partial charge in [-0.25, -0.2) is 0 Å². The summed E-state index contributed by atoms with van der Waals surface area (Å²) in [6.07, 6.45) is 54.1. The van der Waals surface area contributed by atoms with Crippen molar-refractivity contribution in [3.8, 4) is 0 Å². The van der Waals surface area contributed by atoms with Gasteiger partial charge in [0.1, 0.15) is 5.78 Å². The Morgan fingerprint density at radius 2 is 0.370 bits per heavy atom. The van der Waals surface area contributed by atoms with E-state index in [1.807, 2.05) is 0 Å². The van der Waals surface area contributed by atoms with E-state index in [4.69, 9.17) is 0 Å². The minimum absolute atomic E-state index is 0.318. The molecule has 0 spiro atoms. The quantitative estimate of drug-likeness (QED) is 0.0617. The molecule has 0 atom stereocenters. The number of rotatable bonds is 36.